The van der Waals surface area contributed by atoms with Gasteiger partial charge in [0, 0.05) is 51.1 Å². The van der Waals surface area contributed by atoms with Crippen molar-refractivity contribution in [3.63, 3.8) is 0 Å². The molecule has 0 saturated carbocycles. The summed E-state index contributed by atoms with van der Waals surface area (Å²) in [6.45, 7) is 3.07. The zero-order chi connectivity index (χ0) is 33.7. The van der Waals surface area contributed by atoms with Crippen LogP contribution in [0.3, 0.4) is 0 Å². The third-order valence-corrected chi connectivity index (χ3v) is 9.39. The Morgan fingerprint density at radius 3 is 2.38 bits per heavy atom. The van der Waals surface area contributed by atoms with Gasteiger partial charge in [0.1, 0.15) is 0 Å². The van der Waals surface area contributed by atoms with Crippen LogP contribution in [0, 0.1) is 0 Å². The number of ether oxygens (including phenoxy) is 3. The smallest absolute Gasteiger partial charge is 0.303 e. The second kappa shape index (κ2) is 18.2. The van der Waals surface area contributed by atoms with E-state index in [-0.39, 0.29) is 31.1 Å². The number of benzene rings is 3. The van der Waals surface area contributed by atoms with Crippen molar-refractivity contribution < 1.29 is 34.0 Å². The highest BCUT2D eigenvalue weighted by Crippen LogP contribution is 2.39. The van der Waals surface area contributed by atoms with E-state index < -0.39 is 12.3 Å². The van der Waals surface area contributed by atoms with Gasteiger partial charge in [-0.3, -0.25) is 14.5 Å². The van der Waals surface area contributed by atoms with Crippen LogP contribution in [0.5, 0.6) is 0 Å². The van der Waals surface area contributed by atoms with Gasteiger partial charge in [-0.05, 0) is 66.1 Å². The Morgan fingerprint density at radius 1 is 0.896 bits per heavy atom. The van der Waals surface area contributed by atoms with E-state index in [4.69, 9.17) is 19.3 Å². The van der Waals surface area contributed by atoms with Gasteiger partial charge in [-0.25, -0.2) is 0 Å². The molecule has 2 aliphatic heterocycles. The maximum absolute atomic E-state index is 12.4. The Hall–Kier alpha value is -3.60. The van der Waals surface area contributed by atoms with E-state index in [1.54, 1.807) is 7.11 Å². The molecule has 3 N–H and O–H groups in total. The van der Waals surface area contributed by atoms with Crippen LogP contribution in [-0.2, 0) is 37.0 Å². The fraction of sp³-hybridized carbons (Fsp3) is 0.487. The van der Waals surface area contributed by atoms with Crippen LogP contribution >= 0.6 is 0 Å². The summed E-state index contributed by atoms with van der Waals surface area (Å²) in [4.78, 5) is 25.5. The van der Waals surface area contributed by atoms with Gasteiger partial charge in [0.25, 0.3) is 0 Å². The normalized spacial score (nSPS) is 21.3. The van der Waals surface area contributed by atoms with E-state index >= 15 is 0 Å². The topological polar surface area (TPSA) is 118 Å². The standard InChI is InChI=1S/C39H50N2O7/c1-46-27-34-10-7-21-41(34)25-35-23-36(31-15-13-28(26-42)14-16-31)48-39(47-35)32-19-17-30(18-20-32)33-9-6-8-29(22-33)24-40-37(43)11-4-2-3-5-12-38(44)45/h6,8-9,13-20,22,34-36,39,42H,2-5,7,10-12,21,23-27H2,1H3,(H,40,43)(H,44,45)/t34-,35+,36-,39-/m0/s1. The van der Waals surface area contributed by atoms with E-state index in [0.29, 0.717) is 25.4 Å². The molecule has 0 aliphatic carbocycles. The van der Waals surface area contributed by atoms with Crippen LogP contribution < -0.4 is 5.32 Å². The molecule has 2 fully saturated rings. The second-order valence-electron chi connectivity index (χ2n) is 13.0. The molecular weight excluding hydrogens is 608 g/mol. The number of carbonyl (C=O) groups is 2. The maximum Gasteiger partial charge on any atom is 0.303 e. The lowest BCUT2D eigenvalue weighted by Crippen LogP contribution is -2.42. The van der Waals surface area contributed by atoms with Crippen molar-refractivity contribution in [3.05, 3.63) is 95.1 Å². The van der Waals surface area contributed by atoms with Crippen LogP contribution in [0.4, 0.5) is 0 Å². The van der Waals surface area contributed by atoms with E-state index in [9.17, 15) is 14.7 Å². The summed E-state index contributed by atoms with van der Waals surface area (Å²) in [5.41, 5.74) is 6.07. The van der Waals surface area contributed by atoms with Gasteiger partial charge in [-0.2, -0.15) is 0 Å². The second-order valence-corrected chi connectivity index (χ2v) is 13.0. The minimum absolute atomic E-state index is 0.00720. The summed E-state index contributed by atoms with van der Waals surface area (Å²) in [5, 5.41) is 21.3. The lowest BCUT2D eigenvalue weighted by atomic mass is 9.98. The van der Waals surface area contributed by atoms with Crippen LogP contribution in [0.25, 0.3) is 11.1 Å². The number of nitrogens with one attached hydrogen (secondary N) is 1. The molecule has 2 heterocycles. The van der Waals surface area contributed by atoms with Gasteiger partial charge in [0.05, 0.1) is 25.4 Å². The van der Waals surface area contributed by atoms with Crippen molar-refractivity contribution in [3.8, 4) is 11.1 Å². The van der Waals surface area contributed by atoms with Crippen LogP contribution in [0.2, 0.25) is 0 Å². The van der Waals surface area contributed by atoms with Gasteiger partial charge in [0.15, 0.2) is 6.29 Å². The number of nitrogens with zero attached hydrogens (tertiary/aromatic N) is 1. The molecule has 5 rings (SSSR count). The molecule has 9 heteroatoms. The van der Waals surface area contributed by atoms with Gasteiger partial charge < -0.3 is 29.7 Å². The van der Waals surface area contributed by atoms with E-state index in [1.165, 1.54) is 6.42 Å². The molecule has 4 atom stereocenters. The Labute approximate surface area is 284 Å². The van der Waals surface area contributed by atoms with Crippen molar-refractivity contribution in [2.75, 3.05) is 26.8 Å². The molecule has 0 bridgehead atoms. The number of hydrogen-bond donors (Lipinski definition) is 3. The molecule has 9 nitrogen and oxygen atoms in total. The number of amides is 1. The highest BCUT2D eigenvalue weighted by molar-refractivity contribution is 5.76. The van der Waals surface area contributed by atoms with Crippen LogP contribution in [0.15, 0.2) is 72.8 Å². The number of carboxylic acid groups (broad SMARTS) is 1. The molecular formula is C39H50N2O7. The first-order chi connectivity index (χ1) is 23.4. The number of rotatable bonds is 17. The number of unbranched alkanes of at least 4 members (excludes halogenated alkanes) is 3. The van der Waals surface area contributed by atoms with Crippen molar-refractivity contribution in [1.82, 2.24) is 10.2 Å². The number of carbonyl (C=O) groups excluding carboxylic acids is 1. The monoisotopic (exact) mass is 658 g/mol. The third kappa shape index (κ3) is 10.4. The van der Waals surface area contributed by atoms with Crippen molar-refractivity contribution >= 4 is 11.9 Å². The van der Waals surface area contributed by atoms with Crippen LogP contribution in [0.1, 0.15) is 92.4 Å². The lowest BCUT2D eigenvalue weighted by molar-refractivity contribution is -0.253. The van der Waals surface area contributed by atoms with Gasteiger partial charge in [0.2, 0.25) is 5.91 Å². The number of methoxy groups -OCH3 is 1. The predicted octanol–water partition coefficient (Wildman–Crippen LogP) is 6.54. The first-order valence-corrected chi connectivity index (χ1v) is 17.3. The largest absolute Gasteiger partial charge is 0.481 e. The van der Waals surface area contributed by atoms with Gasteiger partial charge >= 0.3 is 5.97 Å². The highest BCUT2D eigenvalue weighted by Gasteiger charge is 2.35. The minimum Gasteiger partial charge on any atom is -0.481 e. The fourth-order valence-electron chi connectivity index (χ4n) is 6.71. The first kappa shape index (κ1) is 35.7. The summed E-state index contributed by atoms with van der Waals surface area (Å²) in [6, 6.07) is 24.9. The molecule has 3 aromatic rings. The average Bonchev–Trinajstić information content (AvgIpc) is 3.55. The van der Waals surface area contributed by atoms with Crippen molar-refractivity contribution in [2.24, 2.45) is 0 Å². The van der Waals surface area contributed by atoms with Crippen molar-refractivity contribution in [1.29, 1.82) is 0 Å². The first-order valence-electron chi connectivity index (χ1n) is 17.3. The summed E-state index contributed by atoms with van der Waals surface area (Å²) in [6.07, 6.45) is 6.13. The Kier molecular flexibility index (Phi) is 13.6. The quantitative estimate of drug-likeness (QED) is 0.140. The number of aliphatic carboxylic acids is 1. The Morgan fingerprint density at radius 2 is 1.65 bits per heavy atom. The van der Waals surface area contributed by atoms with E-state index in [0.717, 1.165) is 85.2 Å². The minimum atomic E-state index is -0.771. The number of aliphatic hydroxyl groups is 1. The fourth-order valence-corrected chi connectivity index (χ4v) is 6.71. The predicted molar refractivity (Wildman–Crippen MR) is 184 cm³/mol. The SMILES string of the molecule is COC[C@@H]1CCCN1C[C@H]1C[C@@H](c2ccc(CO)cc2)O[C@@H](c2ccc(-c3cccc(CNC(=O)CCCCCCC(=O)O)c3)cc2)O1. The number of carboxylic acids is 1. The number of hydrogen-bond acceptors (Lipinski definition) is 7. The van der Waals surface area contributed by atoms with E-state index in [2.05, 4.69) is 46.6 Å². The van der Waals surface area contributed by atoms with Crippen molar-refractivity contribution in [2.45, 2.75) is 95.5 Å². The average molecular weight is 659 g/mol. The summed E-state index contributed by atoms with van der Waals surface area (Å²) >= 11 is 0. The summed E-state index contributed by atoms with van der Waals surface area (Å²) in [5.74, 6) is -0.761. The van der Waals surface area contributed by atoms with E-state index in [1.807, 2.05) is 36.4 Å². The van der Waals surface area contributed by atoms with Crippen LogP contribution in [-0.4, -0.2) is 65.9 Å². The molecule has 1 amide bonds. The molecule has 48 heavy (non-hydrogen) atoms. The Balaban J connectivity index is 1.20. The molecule has 258 valence electrons. The lowest BCUT2D eigenvalue weighted by Gasteiger charge is -2.38. The molecule has 0 unspecified atom stereocenters. The third-order valence-electron chi connectivity index (χ3n) is 9.39. The zero-order valence-electron chi connectivity index (χ0n) is 28.0. The maximum atomic E-state index is 12.4. The summed E-state index contributed by atoms with van der Waals surface area (Å²) in [7, 11) is 1.76. The highest BCUT2D eigenvalue weighted by atomic mass is 16.7. The number of likely N-dealkylation sites (tertiary alicyclic amines) is 1. The summed E-state index contributed by atoms with van der Waals surface area (Å²) < 4.78 is 18.7. The van der Waals surface area contributed by atoms with Gasteiger partial charge in [-0.15, -0.1) is 0 Å². The molecule has 3 aromatic carbocycles. The molecule has 0 aromatic heterocycles. The molecule has 0 spiro atoms. The molecule has 2 saturated heterocycles. The molecule has 0 radical (unpaired) electrons. The Bertz CT molecular complexity index is 1450. The van der Waals surface area contributed by atoms with Gasteiger partial charge in [-0.1, -0.05) is 79.6 Å². The zero-order valence-corrected chi connectivity index (χ0v) is 28.0. The molecule has 2 aliphatic rings. The number of aliphatic hydroxyl groups excluding tert-OH is 1.